The summed E-state index contributed by atoms with van der Waals surface area (Å²) in [5, 5.41) is 9.37. The number of phenolic OH excluding ortho intramolecular Hbond substituents is 1. The highest BCUT2D eigenvalue weighted by Crippen LogP contribution is 2.15. The first-order valence-corrected chi connectivity index (χ1v) is 11.3. The normalized spacial score (nSPS) is 12.3. The van der Waals surface area contributed by atoms with Gasteiger partial charge in [-0.1, -0.05) is 30.9 Å². The molecule has 0 aliphatic rings. The Labute approximate surface area is 192 Å². The number of benzene rings is 2. The number of hydrogen-bond acceptors (Lipinski definition) is 7. The van der Waals surface area contributed by atoms with Gasteiger partial charge in [-0.3, -0.25) is 4.79 Å². The van der Waals surface area contributed by atoms with E-state index in [-0.39, 0.29) is 29.0 Å². The Kier molecular flexibility index (Phi) is 7.54. The van der Waals surface area contributed by atoms with Gasteiger partial charge in [-0.15, -0.1) is 0 Å². The zero-order valence-corrected chi connectivity index (χ0v) is 18.4. The molecule has 1 atom stereocenters. The molecule has 10 heteroatoms. The van der Waals surface area contributed by atoms with Crippen molar-refractivity contribution < 1.29 is 18.3 Å². The van der Waals surface area contributed by atoms with Gasteiger partial charge in [0.25, 0.3) is 15.9 Å². The number of nitrogens with one attached hydrogen (secondary N) is 1. The summed E-state index contributed by atoms with van der Waals surface area (Å²) in [7, 11) is -3.81. The Morgan fingerprint density at radius 3 is 2.36 bits per heavy atom. The van der Waals surface area contributed by atoms with Crippen LogP contribution in [0.3, 0.4) is 0 Å². The average Bonchev–Trinajstić information content (AvgIpc) is 2.82. The number of carbonyl (C=O) groups is 1. The van der Waals surface area contributed by atoms with Crippen LogP contribution in [-0.4, -0.2) is 46.9 Å². The molecule has 3 rings (SSSR count). The lowest BCUT2D eigenvalue weighted by Crippen LogP contribution is -2.36. The predicted octanol–water partition coefficient (Wildman–Crippen LogP) is 2.61. The summed E-state index contributed by atoms with van der Waals surface area (Å²) in [6.07, 6.45) is 7.72. The van der Waals surface area contributed by atoms with Crippen molar-refractivity contribution in [2.24, 2.45) is 5.73 Å². The summed E-state index contributed by atoms with van der Waals surface area (Å²) < 4.78 is 27.2. The second-order valence-electron chi connectivity index (χ2n) is 6.96. The average molecular weight is 466 g/mol. The number of nitrogens with zero attached hydrogens (tertiary/aromatic N) is 3. The number of hydrogen-bond donors (Lipinski definition) is 3. The molecule has 0 saturated carbocycles. The Balaban J connectivity index is 1.62. The van der Waals surface area contributed by atoms with E-state index >= 15 is 0 Å². The molecule has 1 aromatic heterocycles. The summed E-state index contributed by atoms with van der Waals surface area (Å²) in [6.45, 7) is 3.85. The number of phenols is 1. The number of anilines is 1. The van der Waals surface area contributed by atoms with Crippen molar-refractivity contribution in [2.45, 2.75) is 10.9 Å². The number of amides is 1. The van der Waals surface area contributed by atoms with Crippen LogP contribution in [0.2, 0.25) is 0 Å². The molecule has 2 aromatic carbocycles. The number of sulfonamides is 1. The van der Waals surface area contributed by atoms with Crippen LogP contribution >= 0.6 is 0 Å². The predicted molar refractivity (Wildman–Crippen MR) is 126 cm³/mol. The maximum Gasteiger partial charge on any atom is 0.264 e. The van der Waals surface area contributed by atoms with Gasteiger partial charge in [0.2, 0.25) is 5.95 Å². The molecule has 1 unspecified atom stereocenters. The fourth-order valence-corrected chi connectivity index (χ4v) is 3.78. The maximum atomic E-state index is 12.6. The Morgan fingerprint density at radius 1 is 1.12 bits per heavy atom. The van der Waals surface area contributed by atoms with Gasteiger partial charge in [-0.25, -0.2) is 23.1 Å². The van der Waals surface area contributed by atoms with Gasteiger partial charge in [0.1, 0.15) is 5.75 Å². The van der Waals surface area contributed by atoms with E-state index < -0.39 is 16.1 Å². The van der Waals surface area contributed by atoms with E-state index in [1.807, 2.05) is 0 Å². The van der Waals surface area contributed by atoms with E-state index in [1.165, 1.54) is 59.9 Å². The van der Waals surface area contributed by atoms with Crippen molar-refractivity contribution in [1.29, 1.82) is 0 Å². The molecule has 170 valence electrons. The van der Waals surface area contributed by atoms with Gasteiger partial charge in [0.05, 0.1) is 4.90 Å². The monoisotopic (exact) mass is 465 g/mol. The molecule has 0 aliphatic heterocycles. The van der Waals surface area contributed by atoms with E-state index in [9.17, 15) is 18.3 Å². The van der Waals surface area contributed by atoms with Crippen LogP contribution in [0.15, 0.2) is 90.7 Å². The van der Waals surface area contributed by atoms with Gasteiger partial charge in [-0.05, 0) is 54.2 Å². The summed E-state index contributed by atoms with van der Waals surface area (Å²) in [5.41, 5.74) is 7.26. The van der Waals surface area contributed by atoms with Gasteiger partial charge in [0.15, 0.2) is 0 Å². The fourth-order valence-electron chi connectivity index (χ4n) is 2.82. The standard InChI is InChI=1S/C23H23N5O4S/c1-2-28(22(30)18-7-10-20(29)11-8-18)16-19(24)9-4-17-5-12-21(13-6-17)33(31,32)27-23-25-14-3-15-26-23/h2-15,19,29H,1,16,24H2,(H,25,26,27)/b9-4+. The Morgan fingerprint density at radius 2 is 1.76 bits per heavy atom. The fraction of sp³-hybridized carbons (Fsp3) is 0.0870. The molecule has 0 radical (unpaired) electrons. The summed E-state index contributed by atoms with van der Waals surface area (Å²) in [5.74, 6) is -0.237. The van der Waals surface area contributed by atoms with E-state index in [0.717, 1.165) is 5.56 Å². The molecule has 1 heterocycles. The summed E-state index contributed by atoms with van der Waals surface area (Å²) in [6, 6.07) is 13.2. The molecule has 1 amide bonds. The van der Waals surface area contributed by atoms with Crippen molar-refractivity contribution in [3.63, 3.8) is 0 Å². The number of aromatic nitrogens is 2. The van der Waals surface area contributed by atoms with Crippen LogP contribution in [-0.2, 0) is 10.0 Å². The molecule has 33 heavy (non-hydrogen) atoms. The number of aromatic hydroxyl groups is 1. The highest BCUT2D eigenvalue weighted by molar-refractivity contribution is 7.92. The highest BCUT2D eigenvalue weighted by atomic mass is 32.2. The molecule has 9 nitrogen and oxygen atoms in total. The molecule has 0 saturated heterocycles. The van der Waals surface area contributed by atoms with Crippen LogP contribution in [0.4, 0.5) is 5.95 Å². The third-order valence-electron chi connectivity index (χ3n) is 4.52. The molecule has 0 bridgehead atoms. The van der Waals surface area contributed by atoms with E-state index in [0.29, 0.717) is 5.56 Å². The summed E-state index contributed by atoms with van der Waals surface area (Å²) >= 11 is 0. The van der Waals surface area contributed by atoms with Crippen molar-refractivity contribution in [2.75, 3.05) is 11.3 Å². The van der Waals surface area contributed by atoms with E-state index in [2.05, 4.69) is 21.3 Å². The number of rotatable bonds is 9. The minimum absolute atomic E-state index is 0.0129. The minimum atomic E-state index is -3.81. The minimum Gasteiger partial charge on any atom is -0.508 e. The zero-order valence-electron chi connectivity index (χ0n) is 17.6. The van der Waals surface area contributed by atoms with Crippen molar-refractivity contribution in [1.82, 2.24) is 14.9 Å². The molecular formula is C23H23N5O4S. The molecule has 0 fully saturated rings. The maximum absolute atomic E-state index is 12.6. The zero-order chi connectivity index (χ0) is 23.8. The van der Waals surface area contributed by atoms with E-state index in [1.54, 1.807) is 30.4 Å². The van der Waals surface area contributed by atoms with Gasteiger partial charge < -0.3 is 15.7 Å². The van der Waals surface area contributed by atoms with Gasteiger partial charge in [0, 0.05) is 30.5 Å². The van der Waals surface area contributed by atoms with Crippen molar-refractivity contribution >= 4 is 28.0 Å². The first-order valence-electron chi connectivity index (χ1n) is 9.85. The second kappa shape index (κ2) is 10.5. The molecule has 3 aromatic rings. The van der Waals surface area contributed by atoms with Crippen LogP contribution in [0.5, 0.6) is 5.75 Å². The molecule has 0 spiro atoms. The third-order valence-corrected chi connectivity index (χ3v) is 5.86. The van der Waals surface area contributed by atoms with Gasteiger partial charge in [-0.2, -0.15) is 0 Å². The first-order chi connectivity index (χ1) is 15.8. The van der Waals surface area contributed by atoms with Crippen LogP contribution in [0.25, 0.3) is 6.08 Å². The summed E-state index contributed by atoms with van der Waals surface area (Å²) in [4.78, 5) is 21.7. The van der Waals surface area contributed by atoms with E-state index in [4.69, 9.17) is 5.73 Å². The van der Waals surface area contributed by atoms with Crippen molar-refractivity contribution in [3.8, 4) is 5.75 Å². The van der Waals surface area contributed by atoms with Crippen LogP contribution in [0, 0.1) is 0 Å². The third kappa shape index (κ3) is 6.48. The second-order valence-corrected chi connectivity index (χ2v) is 8.64. The van der Waals surface area contributed by atoms with Crippen LogP contribution < -0.4 is 10.5 Å². The lowest BCUT2D eigenvalue weighted by atomic mass is 10.1. The highest BCUT2D eigenvalue weighted by Gasteiger charge is 2.16. The van der Waals surface area contributed by atoms with Crippen molar-refractivity contribution in [3.05, 3.63) is 97.0 Å². The van der Waals surface area contributed by atoms with Crippen LogP contribution in [0.1, 0.15) is 15.9 Å². The van der Waals surface area contributed by atoms with Gasteiger partial charge >= 0.3 is 0 Å². The lowest BCUT2D eigenvalue weighted by molar-refractivity contribution is 0.0820. The smallest absolute Gasteiger partial charge is 0.264 e. The lowest BCUT2D eigenvalue weighted by Gasteiger charge is -2.20. The molecule has 0 aliphatic carbocycles. The Bertz CT molecular complexity index is 1230. The number of carbonyl (C=O) groups excluding carboxylic acids is 1. The number of nitrogens with two attached hydrogens (primary N) is 1. The Hall–Kier alpha value is -4.02. The molecule has 4 N–H and O–H groups in total. The largest absolute Gasteiger partial charge is 0.508 e. The SMILES string of the molecule is C=CN(CC(N)/C=C/c1ccc(S(=O)(=O)Nc2ncccn2)cc1)C(=O)c1ccc(O)cc1. The topological polar surface area (TPSA) is 139 Å². The molecular weight excluding hydrogens is 442 g/mol. The first kappa shape index (κ1) is 23.6. The quantitative estimate of drug-likeness (QED) is 0.441.